The van der Waals surface area contributed by atoms with Crippen molar-refractivity contribution in [3.05, 3.63) is 59.9 Å². The Labute approximate surface area is 167 Å². The van der Waals surface area contributed by atoms with Gasteiger partial charge in [-0.2, -0.15) is 0 Å². The first kappa shape index (κ1) is 20.3. The van der Waals surface area contributed by atoms with Gasteiger partial charge in [-0.15, -0.1) is 0 Å². The summed E-state index contributed by atoms with van der Waals surface area (Å²) in [6.45, 7) is 5.01. The lowest BCUT2D eigenvalue weighted by Crippen LogP contribution is -2.40. The van der Waals surface area contributed by atoms with Crippen LogP contribution in [-0.4, -0.2) is 34.4 Å². The topological polar surface area (TPSA) is 87.7 Å². The second-order valence-corrected chi connectivity index (χ2v) is 7.35. The molecule has 1 aliphatic heterocycles. The van der Waals surface area contributed by atoms with Crippen molar-refractivity contribution >= 4 is 23.5 Å². The minimum Gasteiger partial charge on any atom is -0.481 e. The van der Waals surface area contributed by atoms with E-state index >= 15 is 0 Å². The number of urea groups is 1. The van der Waals surface area contributed by atoms with E-state index in [-0.39, 0.29) is 18.2 Å². The third-order valence-electron chi connectivity index (χ3n) is 4.48. The first-order valence-electron chi connectivity index (χ1n) is 9.12. The number of anilines is 1. The van der Waals surface area contributed by atoms with Gasteiger partial charge in [0, 0.05) is 11.8 Å². The maximum absolute atomic E-state index is 13.2. The maximum Gasteiger partial charge on any atom is 0.325 e. The van der Waals surface area contributed by atoms with Crippen molar-refractivity contribution in [2.45, 2.75) is 39.0 Å². The van der Waals surface area contributed by atoms with E-state index in [9.17, 15) is 18.8 Å². The molecular formula is C21H22FN3O4. The minimum atomic E-state index is -0.914. The van der Waals surface area contributed by atoms with Crippen LogP contribution in [0.2, 0.25) is 0 Å². The Morgan fingerprint density at radius 3 is 2.48 bits per heavy atom. The highest BCUT2D eigenvalue weighted by molar-refractivity contribution is 6.06. The molecule has 0 radical (unpaired) electrons. The summed E-state index contributed by atoms with van der Waals surface area (Å²) in [5, 5.41) is 5.34. The molecule has 1 unspecified atom stereocenters. The predicted octanol–water partition coefficient (Wildman–Crippen LogP) is 3.06. The van der Waals surface area contributed by atoms with Crippen LogP contribution in [0.5, 0.6) is 5.75 Å². The molecule has 2 aromatic carbocycles. The summed E-state index contributed by atoms with van der Waals surface area (Å²) < 4.78 is 18.7. The Bertz CT molecular complexity index is 943. The number of benzene rings is 2. The van der Waals surface area contributed by atoms with E-state index in [0.717, 1.165) is 10.5 Å². The fourth-order valence-electron chi connectivity index (χ4n) is 2.88. The van der Waals surface area contributed by atoms with Crippen LogP contribution in [0.15, 0.2) is 48.5 Å². The zero-order valence-electron chi connectivity index (χ0n) is 16.4. The molecule has 3 rings (SSSR count). The Morgan fingerprint density at radius 1 is 1.21 bits per heavy atom. The molecule has 152 valence electrons. The van der Waals surface area contributed by atoms with E-state index in [1.165, 1.54) is 18.2 Å². The Balaban J connectivity index is 1.58. The van der Waals surface area contributed by atoms with Crippen molar-refractivity contribution in [3.8, 4) is 5.75 Å². The maximum atomic E-state index is 13.2. The summed E-state index contributed by atoms with van der Waals surface area (Å²) in [5.41, 5.74) is 0.363. The molecule has 29 heavy (non-hydrogen) atoms. The van der Waals surface area contributed by atoms with E-state index < -0.39 is 29.4 Å². The largest absolute Gasteiger partial charge is 0.481 e. The fourth-order valence-corrected chi connectivity index (χ4v) is 2.88. The molecule has 1 aliphatic rings. The molecule has 1 saturated heterocycles. The number of carbonyl (C=O) groups excluding carboxylic acids is 3. The molecular weight excluding hydrogens is 377 g/mol. The second-order valence-electron chi connectivity index (χ2n) is 7.35. The summed E-state index contributed by atoms with van der Waals surface area (Å²) in [6, 6.07) is 11.9. The van der Waals surface area contributed by atoms with E-state index in [1.807, 2.05) is 0 Å². The van der Waals surface area contributed by atoms with E-state index in [2.05, 4.69) is 10.6 Å². The highest BCUT2D eigenvalue weighted by Crippen LogP contribution is 2.20. The van der Waals surface area contributed by atoms with Crippen molar-refractivity contribution in [3.63, 3.8) is 0 Å². The third-order valence-corrected chi connectivity index (χ3v) is 4.48. The van der Waals surface area contributed by atoms with Gasteiger partial charge in [-0.05, 0) is 50.6 Å². The molecule has 0 aromatic heterocycles. The number of hydrogen-bond acceptors (Lipinski definition) is 4. The predicted molar refractivity (Wildman–Crippen MR) is 105 cm³/mol. The van der Waals surface area contributed by atoms with Crippen molar-refractivity contribution < 1.29 is 23.5 Å². The highest BCUT2D eigenvalue weighted by Gasteiger charge is 2.44. The third kappa shape index (κ3) is 4.71. The zero-order valence-corrected chi connectivity index (χ0v) is 16.4. The van der Waals surface area contributed by atoms with Gasteiger partial charge in [0.15, 0.2) is 6.10 Å². The molecule has 1 atom stereocenters. The smallest absolute Gasteiger partial charge is 0.325 e. The van der Waals surface area contributed by atoms with Gasteiger partial charge in [-0.25, -0.2) is 9.18 Å². The van der Waals surface area contributed by atoms with Gasteiger partial charge in [0.05, 0.1) is 6.54 Å². The molecule has 2 aromatic rings. The van der Waals surface area contributed by atoms with Crippen LogP contribution < -0.4 is 15.4 Å². The van der Waals surface area contributed by atoms with Crippen molar-refractivity contribution in [2.75, 3.05) is 5.32 Å². The zero-order chi connectivity index (χ0) is 21.2. The van der Waals surface area contributed by atoms with E-state index in [0.29, 0.717) is 5.69 Å². The lowest BCUT2D eigenvalue weighted by atomic mass is 10.1. The number of amides is 4. The lowest BCUT2D eigenvalue weighted by molar-refractivity contribution is -0.130. The number of hydrogen-bond donors (Lipinski definition) is 2. The number of imide groups is 1. The first-order chi connectivity index (χ1) is 13.7. The van der Waals surface area contributed by atoms with Crippen LogP contribution in [0.25, 0.3) is 0 Å². The number of ether oxygens (including phenoxy) is 1. The summed E-state index contributed by atoms with van der Waals surface area (Å²) in [7, 11) is 0. The van der Waals surface area contributed by atoms with Crippen LogP contribution in [0.3, 0.4) is 0 Å². The first-order valence-corrected chi connectivity index (χ1v) is 9.12. The van der Waals surface area contributed by atoms with Gasteiger partial charge in [0.1, 0.15) is 17.1 Å². The number of rotatable bonds is 6. The SMILES string of the molecule is CC(Oc1cccc(F)c1)C(=O)Nc1ccc(CN2C(=O)NC(C)(C)C2=O)cc1. The Morgan fingerprint density at radius 2 is 1.90 bits per heavy atom. The number of carbonyl (C=O) groups is 3. The minimum absolute atomic E-state index is 0.140. The molecule has 2 N–H and O–H groups in total. The van der Waals surface area contributed by atoms with Gasteiger partial charge in [-0.1, -0.05) is 18.2 Å². The second kappa shape index (κ2) is 7.90. The van der Waals surface area contributed by atoms with Crippen molar-refractivity contribution in [1.82, 2.24) is 10.2 Å². The number of nitrogens with one attached hydrogen (secondary N) is 2. The fraction of sp³-hybridized carbons (Fsp3) is 0.286. The van der Waals surface area contributed by atoms with E-state index in [1.54, 1.807) is 51.1 Å². The molecule has 0 bridgehead atoms. The highest BCUT2D eigenvalue weighted by atomic mass is 19.1. The quantitative estimate of drug-likeness (QED) is 0.731. The van der Waals surface area contributed by atoms with E-state index in [4.69, 9.17) is 4.74 Å². The van der Waals surface area contributed by atoms with Gasteiger partial charge in [0.25, 0.3) is 11.8 Å². The molecule has 0 spiro atoms. The number of halogens is 1. The molecule has 0 saturated carbocycles. The summed E-state index contributed by atoms with van der Waals surface area (Å²) in [5.74, 6) is -0.861. The van der Waals surface area contributed by atoms with Gasteiger partial charge < -0.3 is 15.4 Å². The molecule has 1 fully saturated rings. The monoisotopic (exact) mass is 399 g/mol. The summed E-state index contributed by atoms with van der Waals surface area (Å²) >= 11 is 0. The number of nitrogens with zero attached hydrogens (tertiary/aromatic N) is 1. The lowest BCUT2D eigenvalue weighted by Gasteiger charge is -2.17. The molecule has 7 nitrogen and oxygen atoms in total. The molecule has 0 aliphatic carbocycles. The average Bonchev–Trinajstić information content (AvgIpc) is 2.84. The summed E-state index contributed by atoms with van der Waals surface area (Å²) in [4.78, 5) is 37.7. The van der Waals surface area contributed by atoms with Crippen molar-refractivity contribution in [1.29, 1.82) is 0 Å². The van der Waals surface area contributed by atoms with Crippen LogP contribution in [0.4, 0.5) is 14.9 Å². The molecule has 1 heterocycles. The van der Waals surface area contributed by atoms with Crippen LogP contribution >= 0.6 is 0 Å². The van der Waals surface area contributed by atoms with Gasteiger partial charge in [-0.3, -0.25) is 14.5 Å². The molecule has 8 heteroatoms. The Kier molecular flexibility index (Phi) is 5.54. The normalized spacial score (nSPS) is 16.3. The standard InChI is InChI=1S/C21H22FN3O4/c1-13(29-17-6-4-5-15(22)11-17)18(26)23-16-9-7-14(8-10-16)12-25-19(27)21(2,3)24-20(25)28/h4-11,13H,12H2,1-3H3,(H,23,26)(H,24,28). The molecule has 4 amide bonds. The Hall–Kier alpha value is -3.42. The van der Waals surface area contributed by atoms with Crippen LogP contribution in [-0.2, 0) is 16.1 Å². The average molecular weight is 399 g/mol. The van der Waals surface area contributed by atoms with Crippen LogP contribution in [0, 0.1) is 5.82 Å². The van der Waals surface area contributed by atoms with Gasteiger partial charge in [0.2, 0.25) is 0 Å². The van der Waals surface area contributed by atoms with Crippen molar-refractivity contribution in [2.24, 2.45) is 0 Å². The van der Waals surface area contributed by atoms with Gasteiger partial charge >= 0.3 is 6.03 Å². The summed E-state index contributed by atoms with van der Waals surface area (Å²) in [6.07, 6.45) is -0.829. The van der Waals surface area contributed by atoms with Crippen LogP contribution in [0.1, 0.15) is 26.3 Å².